The molecule has 1 aliphatic heterocycles. The van der Waals surface area contributed by atoms with Crippen LogP contribution in [0.3, 0.4) is 0 Å². The van der Waals surface area contributed by atoms with E-state index in [1.54, 1.807) is 0 Å². The molecular weight excluding hydrogens is 264 g/mol. The zero-order valence-corrected chi connectivity index (χ0v) is 13.9. The Kier molecular flexibility index (Phi) is 2.48. The number of nitrogens with one attached hydrogen (secondary N) is 1. The molecule has 1 saturated heterocycles. The van der Waals surface area contributed by atoms with Gasteiger partial charge >= 0.3 is 6.09 Å². The lowest BCUT2D eigenvalue weighted by Crippen LogP contribution is -2.64. The van der Waals surface area contributed by atoms with Crippen molar-refractivity contribution in [2.75, 3.05) is 6.61 Å². The van der Waals surface area contributed by atoms with Crippen molar-refractivity contribution in [1.29, 1.82) is 0 Å². The van der Waals surface area contributed by atoms with Crippen molar-refractivity contribution in [3.63, 3.8) is 0 Å². The standard InChI is InChI=1S/C17H28N2O2/c1-6-21-14(20)19-17(5)13-11-8-7-10(9-11)12(13)16(4,18-19)15(17,2)3/h10-13,18H,6-9H2,1-5H3/t10-,11+,12+,13-,16+,17-/m1/s1. The van der Waals surface area contributed by atoms with Gasteiger partial charge in [0.1, 0.15) is 0 Å². The van der Waals surface area contributed by atoms with Crippen LogP contribution in [0, 0.1) is 29.1 Å². The van der Waals surface area contributed by atoms with Crippen molar-refractivity contribution in [3.05, 3.63) is 0 Å². The second-order valence-corrected chi connectivity index (χ2v) is 8.51. The fourth-order valence-corrected chi connectivity index (χ4v) is 6.70. The molecule has 118 valence electrons. The maximum atomic E-state index is 12.5. The number of rotatable bonds is 1. The minimum absolute atomic E-state index is 0.000977. The summed E-state index contributed by atoms with van der Waals surface area (Å²) in [6.45, 7) is 11.6. The maximum absolute atomic E-state index is 12.5. The Morgan fingerprint density at radius 1 is 1.19 bits per heavy atom. The first kappa shape index (κ1) is 13.9. The van der Waals surface area contributed by atoms with Crippen LogP contribution >= 0.6 is 0 Å². The number of nitrogens with zero attached hydrogens (tertiary/aromatic N) is 1. The van der Waals surface area contributed by atoms with E-state index in [4.69, 9.17) is 4.74 Å². The average molecular weight is 292 g/mol. The van der Waals surface area contributed by atoms with E-state index in [-0.39, 0.29) is 22.6 Å². The summed E-state index contributed by atoms with van der Waals surface area (Å²) in [7, 11) is 0. The van der Waals surface area contributed by atoms with Crippen LogP contribution < -0.4 is 5.43 Å². The van der Waals surface area contributed by atoms with Gasteiger partial charge in [-0.1, -0.05) is 13.8 Å². The number of carbonyl (C=O) groups is 1. The lowest BCUT2D eigenvalue weighted by molar-refractivity contribution is -0.0416. The Morgan fingerprint density at radius 2 is 1.81 bits per heavy atom. The fourth-order valence-electron chi connectivity index (χ4n) is 6.70. The van der Waals surface area contributed by atoms with Crippen LogP contribution in [0.25, 0.3) is 0 Å². The van der Waals surface area contributed by atoms with Crippen LogP contribution in [-0.4, -0.2) is 28.8 Å². The summed E-state index contributed by atoms with van der Waals surface area (Å²) in [6, 6.07) is 0. The lowest BCUT2D eigenvalue weighted by Gasteiger charge is -2.48. The first-order valence-electron chi connectivity index (χ1n) is 8.54. The molecule has 4 heteroatoms. The first-order chi connectivity index (χ1) is 9.79. The van der Waals surface area contributed by atoms with Crippen molar-refractivity contribution < 1.29 is 9.53 Å². The Morgan fingerprint density at radius 3 is 2.43 bits per heavy atom. The van der Waals surface area contributed by atoms with Gasteiger partial charge in [-0.3, -0.25) is 0 Å². The molecule has 6 atom stereocenters. The van der Waals surface area contributed by atoms with Crippen molar-refractivity contribution in [1.82, 2.24) is 10.4 Å². The molecule has 4 nitrogen and oxygen atoms in total. The Bertz CT molecular complexity index is 505. The van der Waals surface area contributed by atoms with E-state index in [1.807, 2.05) is 11.9 Å². The molecule has 1 amide bonds. The van der Waals surface area contributed by atoms with E-state index in [0.717, 1.165) is 11.8 Å². The van der Waals surface area contributed by atoms with Crippen LogP contribution in [-0.2, 0) is 4.74 Å². The molecule has 4 rings (SSSR count). The molecule has 21 heavy (non-hydrogen) atoms. The molecule has 4 fully saturated rings. The van der Waals surface area contributed by atoms with Crippen molar-refractivity contribution in [3.8, 4) is 0 Å². The number of ether oxygens (including phenoxy) is 1. The summed E-state index contributed by atoms with van der Waals surface area (Å²) < 4.78 is 5.34. The normalized spacial score (nSPS) is 52.3. The second-order valence-electron chi connectivity index (χ2n) is 8.51. The summed E-state index contributed by atoms with van der Waals surface area (Å²) in [6.07, 6.45) is 3.91. The minimum Gasteiger partial charge on any atom is -0.449 e. The lowest BCUT2D eigenvalue weighted by atomic mass is 9.66. The van der Waals surface area contributed by atoms with Gasteiger partial charge in [-0.2, -0.15) is 0 Å². The van der Waals surface area contributed by atoms with Crippen molar-refractivity contribution >= 4 is 6.09 Å². The van der Waals surface area contributed by atoms with Crippen LogP contribution in [0.5, 0.6) is 0 Å². The number of hydrazine groups is 1. The molecule has 0 aromatic rings. The minimum atomic E-state index is -0.196. The highest BCUT2D eigenvalue weighted by atomic mass is 16.6. The molecule has 0 unspecified atom stereocenters. The third-order valence-corrected chi connectivity index (χ3v) is 8.05. The monoisotopic (exact) mass is 292 g/mol. The zero-order chi connectivity index (χ0) is 15.2. The van der Waals surface area contributed by atoms with Crippen molar-refractivity contribution in [2.45, 2.75) is 65.0 Å². The van der Waals surface area contributed by atoms with Gasteiger partial charge < -0.3 is 4.74 Å². The van der Waals surface area contributed by atoms with Gasteiger partial charge in [-0.05, 0) is 63.7 Å². The summed E-state index contributed by atoms with van der Waals surface area (Å²) in [4.78, 5) is 12.5. The number of amides is 1. The third-order valence-electron chi connectivity index (χ3n) is 8.05. The summed E-state index contributed by atoms with van der Waals surface area (Å²) in [5, 5.41) is 1.86. The number of carbonyl (C=O) groups excluding carboxylic acids is 1. The predicted octanol–water partition coefficient (Wildman–Crippen LogP) is 3.18. The molecule has 4 bridgehead atoms. The highest BCUT2D eigenvalue weighted by Crippen LogP contribution is 2.74. The smallest absolute Gasteiger partial charge is 0.424 e. The Balaban J connectivity index is 1.81. The molecular formula is C17H28N2O2. The van der Waals surface area contributed by atoms with Crippen molar-refractivity contribution in [2.24, 2.45) is 29.1 Å². The molecule has 1 heterocycles. The van der Waals surface area contributed by atoms with Gasteiger partial charge in [0.25, 0.3) is 0 Å². The fraction of sp³-hybridized carbons (Fsp3) is 0.941. The largest absolute Gasteiger partial charge is 0.449 e. The average Bonchev–Trinajstić information content (AvgIpc) is 3.09. The Hall–Kier alpha value is -0.770. The molecule has 0 spiro atoms. The number of fused-ring (bicyclic) bond motifs is 9. The van der Waals surface area contributed by atoms with Gasteiger partial charge in [0, 0.05) is 11.0 Å². The molecule has 4 aliphatic rings. The number of hydrogen-bond donors (Lipinski definition) is 1. The van der Waals surface area contributed by atoms with E-state index < -0.39 is 0 Å². The first-order valence-corrected chi connectivity index (χ1v) is 8.54. The van der Waals surface area contributed by atoms with E-state index in [2.05, 4.69) is 33.1 Å². The zero-order valence-electron chi connectivity index (χ0n) is 13.9. The van der Waals surface area contributed by atoms with E-state index in [1.165, 1.54) is 19.3 Å². The summed E-state index contributed by atoms with van der Waals surface area (Å²) >= 11 is 0. The maximum Gasteiger partial charge on any atom is 0.424 e. The SMILES string of the molecule is CCOC(=O)N1N[C@@]2(C)[C@H]3[C@@H]4CC[C@@H](C4)[C@H]3[C@]1(C)C2(C)C. The highest BCUT2D eigenvalue weighted by molar-refractivity contribution is 5.70. The van der Waals surface area contributed by atoms with E-state index >= 15 is 0 Å². The van der Waals surface area contributed by atoms with E-state index in [9.17, 15) is 4.79 Å². The quantitative estimate of drug-likeness (QED) is 0.755. The van der Waals surface area contributed by atoms with Gasteiger partial charge in [0.2, 0.25) is 0 Å². The molecule has 3 saturated carbocycles. The topological polar surface area (TPSA) is 41.6 Å². The van der Waals surface area contributed by atoms with Crippen LogP contribution in [0.4, 0.5) is 4.79 Å². The molecule has 1 N–H and O–H groups in total. The highest BCUT2D eigenvalue weighted by Gasteiger charge is 2.81. The van der Waals surface area contributed by atoms with Gasteiger partial charge in [-0.15, -0.1) is 0 Å². The second kappa shape index (κ2) is 3.76. The van der Waals surface area contributed by atoms with Gasteiger partial charge in [0.05, 0.1) is 12.1 Å². The number of hydrogen-bond acceptors (Lipinski definition) is 3. The molecule has 0 aromatic carbocycles. The summed E-state index contributed by atoms with van der Waals surface area (Å²) in [5.41, 5.74) is 3.51. The summed E-state index contributed by atoms with van der Waals surface area (Å²) in [5.74, 6) is 2.98. The van der Waals surface area contributed by atoms with Gasteiger partial charge in [-0.25, -0.2) is 15.2 Å². The Labute approximate surface area is 127 Å². The predicted molar refractivity (Wildman–Crippen MR) is 80.4 cm³/mol. The molecule has 3 aliphatic carbocycles. The van der Waals surface area contributed by atoms with Gasteiger partial charge in [0.15, 0.2) is 0 Å². The third kappa shape index (κ3) is 1.23. The molecule has 0 radical (unpaired) electrons. The molecule has 0 aromatic heterocycles. The van der Waals surface area contributed by atoms with E-state index in [0.29, 0.717) is 18.4 Å². The van der Waals surface area contributed by atoms with Crippen LogP contribution in [0.1, 0.15) is 53.9 Å². The van der Waals surface area contributed by atoms with Crippen LogP contribution in [0.2, 0.25) is 0 Å². The van der Waals surface area contributed by atoms with Crippen LogP contribution in [0.15, 0.2) is 0 Å².